The molecule has 10 heteroatoms. The first-order chi connectivity index (χ1) is 14.3. The number of hydrogen-bond acceptors (Lipinski definition) is 6. The number of fused-ring (bicyclic) bond motifs is 2. The topological polar surface area (TPSA) is 94.2 Å². The molecule has 30 heavy (non-hydrogen) atoms. The van der Waals surface area contributed by atoms with E-state index in [2.05, 4.69) is 19.7 Å². The molecule has 0 atom stereocenters. The molecule has 2 N–H and O–H groups in total. The number of benzene rings is 2. The van der Waals surface area contributed by atoms with Crippen LogP contribution >= 0.6 is 0 Å². The minimum atomic E-state index is -4.94. The number of halogens is 3. The fourth-order valence-electron chi connectivity index (χ4n) is 3.14. The van der Waals surface area contributed by atoms with Crippen molar-refractivity contribution in [2.75, 3.05) is 0 Å². The van der Waals surface area contributed by atoms with Crippen LogP contribution in [0.1, 0.15) is 16.1 Å². The van der Waals surface area contributed by atoms with Crippen molar-refractivity contribution in [3.05, 3.63) is 72.3 Å². The summed E-state index contributed by atoms with van der Waals surface area (Å²) < 4.78 is 42.5. The first-order valence-electron chi connectivity index (χ1n) is 8.72. The van der Waals surface area contributed by atoms with Crippen molar-refractivity contribution in [1.29, 1.82) is 0 Å². The van der Waals surface area contributed by atoms with Gasteiger partial charge in [0, 0.05) is 11.6 Å². The summed E-state index contributed by atoms with van der Waals surface area (Å²) in [5.41, 5.74) is 1.16. The van der Waals surface area contributed by atoms with Gasteiger partial charge in [0.05, 0.1) is 23.0 Å². The summed E-state index contributed by atoms with van der Waals surface area (Å²) in [5, 5.41) is 1.56. The van der Waals surface area contributed by atoms with E-state index in [-0.39, 0.29) is 23.1 Å². The average Bonchev–Trinajstić information content (AvgIpc) is 2.72. The number of carbonyl (C=O) groups excluding carboxylic acids is 1. The van der Waals surface area contributed by atoms with E-state index in [0.717, 1.165) is 22.8 Å². The maximum atomic E-state index is 13.0. The van der Waals surface area contributed by atoms with E-state index in [4.69, 9.17) is 5.84 Å². The molecule has 0 unspecified atom stereocenters. The third kappa shape index (κ3) is 3.85. The van der Waals surface area contributed by atoms with Gasteiger partial charge in [0.2, 0.25) is 0 Å². The molecule has 4 rings (SSSR count). The number of ether oxygens (including phenoxy) is 1. The maximum absolute atomic E-state index is 13.0. The van der Waals surface area contributed by atoms with Crippen LogP contribution < -0.4 is 10.6 Å². The maximum Gasteiger partial charge on any atom is 0.573 e. The van der Waals surface area contributed by atoms with E-state index >= 15 is 0 Å². The molecule has 152 valence electrons. The average molecular weight is 413 g/mol. The smallest absolute Gasteiger partial charge is 0.405 e. The quantitative estimate of drug-likeness (QED) is 0.312. The molecule has 4 aromatic rings. The van der Waals surface area contributed by atoms with Gasteiger partial charge in [-0.3, -0.25) is 14.8 Å². The monoisotopic (exact) mass is 413 g/mol. The van der Waals surface area contributed by atoms with Crippen molar-refractivity contribution in [3.63, 3.8) is 0 Å². The zero-order valence-corrected chi connectivity index (χ0v) is 15.3. The molecule has 7 nitrogen and oxygen atoms in total. The first-order valence-corrected chi connectivity index (χ1v) is 8.72. The Morgan fingerprint density at radius 3 is 2.60 bits per heavy atom. The second-order valence-corrected chi connectivity index (χ2v) is 6.35. The Morgan fingerprint density at radius 2 is 1.80 bits per heavy atom. The van der Waals surface area contributed by atoms with Crippen molar-refractivity contribution in [2.24, 2.45) is 5.84 Å². The zero-order valence-electron chi connectivity index (χ0n) is 15.3. The molecule has 2 aromatic carbocycles. The second-order valence-electron chi connectivity index (χ2n) is 6.35. The van der Waals surface area contributed by atoms with E-state index in [1.54, 1.807) is 24.4 Å². The van der Waals surface area contributed by atoms with Gasteiger partial charge in [-0.15, -0.1) is 13.2 Å². The highest BCUT2D eigenvalue weighted by atomic mass is 19.4. The number of amides is 1. The summed E-state index contributed by atoms with van der Waals surface area (Å²) in [6, 6.07) is 13.0. The van der Waals surface area contributed by atoms with Crippen LogP contribution in [0.15, 0.2) is 61.1 Å². The van der Waals surface area contributed by atoms with Crippen molar-refractivity contribution < 1.29 is 22.7 Å². The molecule has 0 aliphatic rings. The molecule has 0 saturated heterocycles. The van der Waals surface area contributed by atoms with Crippen molar-refractivity contribution in [2.45, 2.75) is 12.9 Å². The van der Waals surface area contributed by atoms with Gasteiger partial charge >= 0.3 is 6.36 Å². The molecule has 0 fully saturated rings. The third-order valence-electron chi connectivity index (χ3n) is 4.37. The molecular formula is C20H14F3N5O2. The molecule has 0 bridgehead atoms. The number of hydrazine groups is 1. The van der Waals surface area contributed by atoms with Gasteiger partial charge in [-0.2, -0.15) is 0 Å². The molecule has 2 aromatic heterocycles. The normalized spacial score (nSPS) is 11.6. The summed E-state index contributed by atoms with van der Waals surface area (Å²) in [6.07, 6.45) is -2.24. The lowest BCUT2D eigenvalue weighted by atomic mass is 10.1. The summed E-state index contributed by atoms with van der Waals surface area (Å²) in [5.74, 6) is 4.61. The van der Waals surface area contributed by atoms with Crippen LogP contribution in [-0.2, 0) is 6.54 Å². The van der Waals surface area contributed by atoms with Crippen LogP contribution in [0.4, 0.5) is 13.2 Å². The van der Waals surface area contributed by atoms with Gasteiger partial charge in [0.1, 0.15) is 17.8 Å². The Bertz CT molecular complexity index is 1240. The SMILES string of the molecule is NN(Cc1cccc2cccnc12)C(=O)c1ncnc2cccc(OC(F)(F)F)c12. The number of nitrogens with zero attached hydrogens (tertiary/aromatic N) is 4. The number of carbonyl (C=O) groups is 1. The van der Waals surface area contributed by atoms with Gasteiger partial charge < -0.3 is 4.74 Å². The van der Waals surface area contributed by atoms with E-state index in [1.807, 2.05) is 12.1 Å². The number of pyridine rings is 1. The van der Waals surface area contributed by atoms with Crippen molar-refractivity contribution in [3.8, 4) is 5.75 Å². The van der Waals surface area contributed by atoms with Gasteiger partial charge in [-0.25, -0.2) is 15.8 Å². The number of para-hydroxylation sites is 1. The Balaban J connectivity index is 1.72. The van der Waals surface area contributed by atoms with E-state index in [0.29, 0.717) is 11.1 Å². The van der Waals surface area contributed by atoms with Crippen LogP contribution in [0.3, 0.4) is 0 Å². The standard InChI is InChI=1S/C20H14F3N5O2/c21-20(22,23)30-15-8-2-7-14-16(15)18(27-11-26-14)19(29)28(24)10-13-5-1-4-12-6-3-9-25-17(12)13/h1-9,11H,10,24H2. The molecule has 1 amide bonds. The lowest BCUT2D eigenvalue weighted by molar-refractivity contribution is -0.274. The number of rotatable bonds is 4. The lowest BCUT2D eigenvalue weighted by Gasteiger charge is -2.19. The zero-order chi connectivity index (χ0) is 21.3. The van der Waals surface area contributed by atoms with Crippen LogP contribution in [0, 0.1) is 0 Å². The Kier molecular flexibility index (Phi) is 4.92. The Hall–Kier alpha value is -3.79. The Labute approximate surface area is 167 Å². The summed E-state index contributed by atoms with van der Waals surface area (Å²) in [7, 11) is 0. The molecular weight excluding hydrogens is 399 g/mol. The second kappa shape index (κ2) is 7.56. The largest absolute Gasteiger partial charge is 0.573 e. The van der Waals surface area contributed by atoms with Crippen LogP contribution in [0.5, 0.6) is 5.75 Å². The number of alkyl halides is 3. The molecule has 0 saturated carbocycles. The van der Waals surface area contributed by atoms with Crippen molar-refractivity contribution in [1.82, 2.24) is 20.0 Å². The lowest BCUT2D eigenvalue weighted by Crippen LogP contribution is -2.37. The highest BCUT2D eigenvalue weighted by molar-refractivity contribution is 6.06. The molecule has 0 radical (unpaired) electrons. The highest BCUT2D eigenvalue weighted by Gasteiger charge is 2.33. The number of aromatic nitrogens is 3. The first kappa shape index (κ1) is 19.5. The highest BCUT2D eigenvalue weighted by Crippen LogP contribution is 2.31. The number of nitrogens with two attached hydrogens (primary N) is 1. The molecule has 0 spiro atoms. The Morgan fingerprint density at radius 1 is 1.03 bits per heavy atom. The fraction of sp³-hybridized carbons (Fsp3) is 0.100. The predicted octanol–water partition coefficient (Wildman–Crippen LogP) is 3.59. The van der Waals surface area contributed by atoms with E-state index in [1.165, 1.54) is 12.1 Å². The number of hydrogen-bond donors (Lipinski definition) is 1. The van der Waals surface area contributed by atoms with Crippen molar-refractivity contribution >= 4 is 27.7 Å². The molecule has 2 heterocycles. The van der Waals surface area contributed by atoms with Gasteiger partial charge in [0.25, 0.3) is 5.91 Å². The minimum Gasteiger partial charge on any atom is -0.405 e. The van der Waals surface area contributed by atoms with Crippen LogP contribution in [-0.4, -0.2) is 32.2 Å². The molecule has 0 aliphatic carbocycles. The van der Waals surface area contributed by atoms with E-state index in [9.17, 15) is 18.0 Å². The summed E-state index contributed by atoms with van der Waals surface area (Å²) in [6.45, 7) is -0.0268. The predicted molar refractivity (Wildman–Crippen MR) is 102 cm³/mol. The minimum absolute atomic E-state index is 0.0268. The van der Waals surface area contributed by atoms with Gasteiger partial charge in [-0.05, 0) is 23.8 Å². The molecule has 0 aliphatic heterocycles. The van der Waals surface area contributed by atoms with E-state index < -0.39 is 18.0 Å². The third-order valence-corrected chi connectivity index (χ3v) is 4.37. The van der Waals surface area contributed by atoms with Gasteiger partial charge in [-0.1, -0.05) is 30.3 Å². The van der Waals surface area contributed by atoms with Crippen LogP contribution in [0.2, 0.25) is 0 Å². The van der Waals surface area contributed by atoms with Crippen LogP contribution in [0.25, 0.3) is 21.8 Å². The van der Waals surface area contributed by atoms with Gasteiger partial charge in [0.15, 0.2) is 0 Å². The summed E-state index contributed by atoms with van der Waals surface area (Å²) in [4.78, 5) is 25.1. The summed E-state index contributed by atoms with van der Waals surface area (Å²) >= 11 is 0. The fourth-order valence-corrected chi connectivity index (χ4v) is 3.14.